The van der Waals surface area contributed by atoms with E-state index in [0.717, 1.165) is 11.1 Å². The molecule has 3 aliphatic rings. The smallest absolute Gasteiger partial charge is 0.355 e. The number of aromatic nitrogens is 2. The second-order valence-electron chi connectivity index (χ2n) is 8.60. The summed E-state index contributed by atoms with van der Waals surface area (Å²) in [4.78, 5) is 37.5. The molecule has 10 heteroatoms. The summed E-state index contributed by atoms with van der Waals surface area (Å²) in [5.74, 6) is -1.65. The third-order valence-electron chi connectivity index (χ3n) is 6.84. The minimum atomic E-state index is -1.81. The van der Waals surface area contributed by atoms with Gasteiger partial charge in [-0.3, -0.25) is 0 Å². The molecule has 2 unspecified atom stereocenters. The summed E-state index contributed by atoms with van der Waals surface area (Å²) < 4.78 is 17.2. The molecule has 1 spiro atoms. The van der Waals surface area contributed by atoms with E-state index in [4.69, 9.17) is 14.2 Å². The average Bonchev–Trinajstić information content (AvgIpc) is 3.23. The van der Waals surface area contributed by atoms with Crippen LogP contribution in [-0.2, 0) is 29.4 Å². The molecule has 2 aromatic carbocycles. The van der Waals surface area contributed by atoms with Crippen LogP contribution >= 0.6 is 0 Å². The molecule has 3 heterocycles. The van der Waals surface area contributed by atoms with E-state index >= 15 is 0 Å². The van der Waals surface area contributed by atoms with Crippen molar-refractivity contribution in [1.29, 1.82) is 10.5 Å². The molecule has 0 amide bonds. The van der Waals surface area contributed by atoms with Crippen LogP contribution in [0.25, 0.3) is 17.3 Å². The maximum atomic E-state index is 13.6. The van der Waals surface area contributed by atoms with Crippen molar-refractivity contribution in [2.45, 2.75) is 11.8 Å². The van der Waals surface area contributed by atoms with E-state index < -0.39 is 23.8 Å². The molecule has 6 rings (SSSR count). The molecule has 3 aromatic rings. The number of nitrogens with zero attached hydrogens (tertiary/aromatic N) is 5. The lowest BCUT2D eigenvalue weighted by Gasteiger charge is -2.47. The summed E-state index contributed by atoms with van der Waals surface area (Å²) in [6.07, 6.45) is 2.55. The Hall–Kier alpha value is -5.32. The molecule has 0 bridgehead atoms. The second kappa shape index (κ2) is 8.37. The van der Waals surface area contributed by atoms with Gasteiger partial charge in [0.25, 0.3) is 0 Å². The van der Waals surface area contributed by atoms with Crippen LogP contribution < -0.4 is 0 Å². The summed E-state index contributed by atoms with van der Waals surface area (Å²) in [5.41, 5.74) is 0.437. The number of esters is 2. The van der Waals surface area contributed by atoms with Crippen molar-refractivity contribution in [3.05, 3.63) is 99.8 Å². The zero-order valence-corrected chi connectivity index (χ0v) is 20.1. The van der Waals surface area contributed by atoms with Crippen molar-refractivity contribution >= 4 is 18.0 Å². The Morgan fingerprint density at radius 2 is 1.66 bits per heavy atom. The number of ether oxygens (including phenoxy) is 3. The van der Waals surface area contributed by atoms with Crippen LogP contribution in [0.2, 0.25) is 0 Å². The topological polar surface area (TPSA) is 138 Å². The standard InChI is InChI=1S/C28H17N5O5/c1-36-26(34)21-23(27(35)37-2)33-12-11-15-7-3-4-8-16(15)25(33)38-28(21)18-10-6-5-9-17(18)22-24(28)32-20(14-30)19(13-29)31-22/h3-12,25H,1-2H3. The van der Waals surface area contributed by atoms with Crippen LogP contribution in [0.4, 0.5) is 0 Å². The normalized spacial score (nSPS) is 20.0. The van der Waals surface area contributed by atoms with Gasteiger partial charge >= 0.3 is 11.9 Å². The average molecular weight is 503 g/mol. The van der Waals surface area contributed by atoms with E-state index in [9.17, 15) is 20.1 Å². The summed E-state index contributed by atoms with van der Waals surface area (Å²) in [6, 6.07) is 18.3. The number of hydrogen-bond acceptors (Lipinski definition) is 10. The van der Waals surface area contributed by atoms with E-state index in [2.05, 4.69) is 9.97 Å². The lowest BCUT2D eigenvalue weighted by molar-refractivity contribution is -0.161. The van der Waals surface area contributed by atoms with E-state index in [1.165, 1.54) is 19.1 Å². The van der Waals surface area contributed by atoms with Crippen LogP contribution in [0.3, 0.4) is 0 Å². The molecule has 0 fully saturated rings. The van der Waals surface area contributed by atoms with Crippen molar-refractivity contribution in [3.63, 3.8) is 0 Å². The number of methoxy groups -OCH3 is 2. The minimum absolute atomic E-state index is 0.0998. The van der Waals surface area contributed by atoms with Crippen LogP contribution in [0.5, 0.6) is 0 Å². The van der Waals surface area contributed by atoms with Gasteiger partial charge in [-0.15, -0.1) is 0 Å². The van der Waals surface area contributed by atoms with Crippen LogP contribution in [0, 0.1) is 22.7 Å². The number of carbonyl (C=O) groups is 2. The van der Waals surface area contributed by atoms with Crippen molar-refractivity contribution in [2.75, 3.05) is 14.2 Å². The van der Waals surface area contributed by atoms with Gasteiger partial charge in [0.15, 0.2) is 23.2 Å². The Morgan fingerprint density at radius 1 is 0.974 bits per heavy atom. The minimum Gasteiger partial charge on any atom is -0.465 e. The molecule has 0 saturated carbocycles. The lowest BCUT2D eigenvalue weighted by Crippen LogP contribution is -2.49. The molecule has 0 radical (unpaired) electrons. The number of benzene rings is 2. The molecule has 1 aliphatic carbocycles. The van der Waals surface area contributed by atoms with E-state index in [-0.39, 0.29) is 34.0 Å². The fraction of sp³-hybridized carbons (Fsp3) is 0.143. The number of hydrogen-bond donors (Lipinski definition) is 0. The Morgan fingerprint density at radius 3 is 2.39 bits per heavy atom. The first-order valence-electron chi connectivity index (χ1n) is 11.5. The Balaban J connectivity index is 1.79. The highest BCUT2D eigenvalue weighted by Crippen LogP contribution is 2.58. The molecule has 38 heavy (non-hydrogen) atoms. The molecule has 184 valence electrons. The van der Waals surface area contributed by atoms with Crippen LogP contribution in [-0.4, -0.2) is 41.0 Å². The Kier molecular flexibility index (Phi) is 5.09. The van der Waals surface area contributed by atoms with Gasteiger partial charge in [-0.2, -0.15) is 10.5 Å². The maximum Gasteiger partial charge on any atom is 0.355 e. The molecular formula is C28H17N5O5. The third-order valence-corrected chi connectivity index (χ3v) is 6.84. The molecular weight excluding hydrogens is 486 g/mol. The number of rotatable bonds is 2. The maximum absolute atomic E-state index is 13.6. The van der Waals surface area contributed by atoms with E-state index in [1.54, 1.807) is 36.5 Å². The molecule has 0 N–H and O–H groups in total. The SMILES string of the molecule is COC(=O)C1=C(C(=O)OC)C2(OC3c4ccccc4C=CN13)c1ccccc1-c1nc(C#N)c(C#N)nc12. The summed E-state index contributed by atoms with van der Waals surface area (Å²) in [6.45, 7) is 0. The second-order valence-corrected chi connectivity index (χ2v) is 8.60. The summed E-state index contributed by atoms with van der Waals surface area (Å²) >= 11 is 0. The first-order chi connectivity index (χ1) is 18.5. The predicted octanol–water partition coefficient (Wildman–Crippen LogP) is 3.06. The predicted molar refractivity (Wildman–Crippen MR) is 130 cm³/mol. The van der Waals surface area contributed by atoms with Gasteiger partial charge in [0, 0.05) is 22.9 Å². The number of nitriles is 2. The molecule has 1 aromatic heterocycles. The van der Waals surface area contributed by atoms with Gasteiger partial charge < -0.3 is 19.1 Å². The summed E-state index contributed by atoms with van der Waals surface area (Å²) in [5, 5.41) is 19.4. The highest BCUT2D eigenvalue weighted by molar-refractivity contribution is 6.04. The first kappa shape index (κ1) is 23.1. The zero-order valence-electron chi connectivity index (χ0n) is 20.1. The number of carbonyl (C=O) groups excluding carboxylic acids is 2. The number of fused-ring (bicyclic) bond motifs is 8. The largest absolute Gasteiger partial charge is 0.465 e. The van der Waals surface area contributed by atoms with Gasteiger partial charge in [-0.05, 0) is 11.6 Å². The monoisotopic (exact) mass is 503 g/mol. The molecule has 2 atom stereocenters. The van der Waals surface area contributed by atoms with Crippen molar-refractivity contribution in [2.24, 2.45) is 0 Å². The Labute approximate surface area is 216 Å². The van der Waals surface area contributed by atoms with E-state index in [1.807, 2.05) is 36.4 Å². The van der Waals surface area contributed by atoms with Crippen molar-refractivity contribution in [3.8, 4) is 23.4 Å². The van der Waals surface area contributed by atoms with E-state index in [0.29, 0.717) is 11.1 Å². The highest BCUT2D eigenvalue weighted by Gasteiger charge is 2.60. The zero-order chi connectivity index (χ0) is 26.6. The third kappa shape index (κ3) is 2.89. The van der Waals surface area contributed by atoms with Gasteiger partial charge in [-0.25, -0.2) is 19.6 Å². The lowest BCUT2D eigenvalue weighted by atomic mass is 9.82. The molecule has 2 aliphatic heterocycles. The fourth-order valence-corrected chi connectivity index (χ4v) is 5.28. The van der Waals surface area contributed by atoms with Crippen LogP contribution in [0.15, 0.2) is 66.0 Å². The van der Waals surface area contributed by atoms with Crippen molar-refractivity contribution in [1.82, 2.24) is 14.9 Å². The van der Waals surface area contributed by atoms with Crippen LogP contribution in [0.1, 0.15) is 40.0 Å². The quantitative estimate of drug-likeness (QED) is 0.480. The van der Waals surface area contributed by atoms with Gasteiger partial charge in [0.2, 0.25) is 0 Å². The fourth-order valence-electron chi connectivity index (χ4n) is 5.28. The van der Waals surface area contributed by atoms with Gasteiger partial charge in [0.05, 0.1) is 19.9 Å². The van der Waals surface area contributed by atoms with Gasteiger partial charge in [0.1, 0.15) is 29.1 Å². The first-order valence-corrected chi connectivity index (χ1v) is 11.5. The molecule has 0 saturated heterocycles. The molecule has 10 nitrogen and oxygen atoms in total. The Bertz CT molecular complexity index is 1710. The van der Waals surface area contributed by atoms with Crippen molar-refractivity contribution < 1.29 is 23.8 Å². The van der Waals surface area contributed by atoms with Gasteiger partial charge in [-0.1, -0.05) is 48.5 Å². The summed E-state index contributed by atoms with van der Waals surface area (Å²) in [7, 11) is 2.41. The highest BCUT2D eigenvalue weighted by atomic mass is 16.6.